The summed E-state index contributed by atoms with van der Waals surface area (Å²) in [7, 11) is 2.97. The van der Waals surface area contributed by atoms with Crippen LogP contribution in [0.5, 0.6) is 11.5 Å². The Morgan fingerprint density at radius 2 is 1.80 bits per heavy atom. The van der Waals surface area contributed by atoms with Gasteiger partial charge in [0.05, 0.1) is 25.4 Å². The van der Waals surface area contributed by atoms with E-state index < -0.39 is 10.8 Å². The van der Waals surface area contributed by atoms with Gasteiger partial charge in [-0.1, -0.05) is 12.1 Å². The van der Waals surface area contributed by atoms with E-state index in [0.29, 0.717) is 28.2 Å². The average molecular weight is 343 g/mol. The molecule has 2 aromatic rings. The molecule has 1 N–H and O–H groups in total. The van der Waals surface area contributed by atoms with Crippen molar-refractivity contribution in [1.82, 2.24) is 5.43 Å². The number of benzene rings is 2. The number of nitro benzene ring substituents is 1. The maximum Gasteiger partial charge on any atom is 0.272 e. The Hall–Kier alpha value is -3.42. The van der Waals surface area contributed by atoms with Crippen LogP contribution in [0.15, 0.2) is 41.5 Å². The van der Waals surface area contributed by atoms with Gasteiger partial charge in [0.2, 0.25) is 0 Å². The molecule has 0 spiro atoms. The normalized spacial score (nSPS) is 10.5. The van der Waals surface area contributed by atoms with E-state index in [4.69, 9.17) is 9.47 Å². The molecule has 2 rings (SSSR count). The van der Waals surface area contributed by atoms with Crippen LogP contribution in [0.25, 0.3) is 0 Å². The monoisotopic (exact) mass is 343 g/mol. The van der Waals surface area contributed by atoms with Crippen LogP contribution >= 0.6 is 0 Å². The summed E-state index contributed by atoms with van der Waals surface area (Å²) in [5.41, 5.74) is 3.72. The Labute approximate surface area is 144 Å². The number of carbonyl (C=O) groups is 1. The molecule has 0 bridgehead atoms. The summed E-state index contributed by atoms with van der Waals surface area (Å²) >= 11 is 0. The number of ether oxygens (including phenoxy) is 2. The van der Waals surface area contributed by atoms with Crippen molar-refractivity contribution in [2.45, 2.75) is 6.92 Å². The number of hydrogen-bond donors (Lipinski definition) is 1. The summed E-state index contributed by atoms with van der Waals surface area (Å²) in [6, 6.07) is 9.42. The molecule has 0 aromatic heterocycles. The standard InChI is InChI=1S/C17H17N3O5/c1-11-4-5-12(6-16(11)20(22)23)10-18-19-17(21)13-7-14(24-2)9-15(8-13)25-3/h4-10H,1-3H3,(H,19,21)/b18-10-. The Morgan fingerprint density at radius 3 is 2.36 bits per heavy atom. The largest absolute Gasteiger partial charge is 0.497 e. The molecule has 0 aliphatic heterocycles. The van der Waals surface area contributed by atoms with Crippen molar-refractivity contribution in [3.05, 3.63) is 63.2 Å². The van der Waals surface area contributed by atoms with Gasteiger partial charge in [0.25, 0.3) is 11.6 Å². The second-order valence-electron chi connectivity index (χ2n) is 5.10. The molecule has 130 valence electrons. The van der Waals surface area contributed by atoms with Crippen LogP contribution in [0.2, 0.25) is 0 Å². The highest BCUT2D eigenvalue weighted by molar-refractivity contribution is 5.95. The first-order valence-electron chi connectivity index (χ1n) is 7.26. The van der Waals surface area contributed by atoms with Gasteiger partial charge in [0.15, 0.2) is 0 Å². The van der Waals surface area contributed by atoms with E-state index >= 15 is 0 Å². The van der Waals surface area contributed by atoms with Crippen molar-refractivity contribution in [2.75, 3.05) is 14.2 Å². The van der Waals surface area contributed by atoms with E-state index in [1.165, 1.54) is 26.5 Å². The first-order valence-corrected chi connectivity index (χ1v) is 7.26. The SMILES string of the molecule is COc1cc(OC)cc(C(=O)N/N=C\c2ccc(C)c([N+](=O)[O-])c2)c1. The molecule has 0 aliphatic carbocycles. The number of nitro groups is 1. The summed E-state index contributed by atoms with van der Waals surface area (Å²) in [4.78, 5) is 22.6. The van der Waals surface area contributed by atoms with Crippen LogP contribution < -0.4 is 14.9 Å². The van der Waals surface area contributed by atoms with Crippen molar-refractivity contribution < 1.29 is 19.2 Å². The molecule has 8 heteroatoms. The van der Waals surface area contributed by atoms with Gasteiger partial charge in [0.1, 0.15) is 11.5 Å². The summed E-state index contributed by atoms with van der Waals surface area (Å²) in [6.45, 7) is 1.65. The van der Waals surface area contributed by atoms with Gasteiger partial charge in [-0.15, -0.1) is 0 Å². The number of nitrogens with one attached hydrogen (secondary N) is 1. The zero-order valence-corrected chi connectivity index (χ0v) is 14.0. The number of hydrogen-bond acceptors (Lipinski definition) is 6. The predicted molar refractivity (Wildman–Crippen MR) is 92.4 cm³/mol. The van der Waals surface area contributed by atoms with Crippen molar-refractivity contribution in [1.29, 1.82) is 0 Å². The highest BCUT2D eigenvalue weighted by Gasteiger charge is 2.11. The van der Waals surface area contributed by atoms with Crippen LogP contribution in [0, 0.1) is 17.0 Å². The van der Waals surface area contributed by atoms with E-state index in [2.05, 4.69) is 10.5 Å². The highest BCUT2D eigenvalue weighted by Crippen LogP contribution is 2.22. The van der Waals surface area contributed by atoms with Crippen LogP contribution in [0.3, 0.4) is 0 Å². The average Bonchev–Trinajstić information content (AvgIpc) is 2.62. The van der Waals surface area contributed by atoms with Gasteiger partial charge in [-0.3, -0.25) is 14.9 Å². The molecular weight excluding hydrogens is 326 g/mol. The number of nitrogens with zero attached hydrogens (tertiary/aromatic N) is 2. The number of hydrazone groups is 1. The van der Waals surface area contributed by atoms with Gasteiger partial charge in [0, 0.05) is 28.8 Å². The summed E-state index contributed by atoms with van der Waals surface area (Å²) in [5, 5.41) is 14.8. The van der Waals surface area contributed by atoms with E-state index in [0.717, 1.165) is 0 Å². The fourth-order valence-corrected chi connectivity index (χ4v) is 2.07. The maximum absolute atomic E-state index is 12.2. The number of rotatable bonds is 6. The molecule has 0 radical (unpaired) electrons. The Kier molecular flexibility index (Phi) is 5.67. The molecule has 8 nitrogen and oxygen atoms in total. The lowest BCUT2D eigenvalue weighted by atomic mass is 10.1. The number of carbonyl (C=O) groups excluding carboxylic acids is 1. The molecule has 25 heavy (non-hydrogen) atoms. The first kappa shape index (κ1) is 17.9. The third-order valence-electron chi connectivity index (χ3n) is 3.42. The lowest BCUT2D eigenvalue weighted by molar-refractivity contribution is -0.385. The molecule has 0 heterocycles. The fourth-order valence-electron chi connectivity index (χ4n) is 2.07. The lowest BCUT2D eigenvalue weighted by Gasteiger charge is -2.07. The van der Waals surface area contributed by atoms with Crippen LogP contribution in [0.4, 0.5) is 5.69 Å². The minimum Gasteiger partial charge on any atom is -0.497 e. The predicted octanol–water partition coefficient (Wildman–Crippen LogP) is 2.68. The van der Waals surface area contributed by atoms with Gasteiger partial charge < -0.3 is 9.47 Å². The van der Waals surface area contributed by atoms with E-state index in [-0.39, 0.29) is 5.69 Å². The van der Waals surface area contributed by atoms with Crippen molar-refractivity contribution >= 4 is 17.8 Å². The third-order valence-corrected chi connectivity index (χ3v) is 3.42. The lowest BCUT2D eigenvalue weighted by Crippen LogP contribution is -2.17. The molecule has 0 saturated heterocycles. The number of aryl methyl sites for hydroxylation is 1. The second-order valence-corrected chi connectivity index (χ2v) is 5.10. The van der Waals surface area contributed by atoms with E-state index in [9.17, 15) is 14.9 Å². The second kappa shape index (κ2) is 7.91. The minimum atomic E-state index is -0.465. The van der Waals surface area contributed by atoms with Gasteiger partial charge in [-0.25, -0.2) is 5.43 Å². The van der Waals surface area contributed by atoms with Gasteiger partial charge in [-0.2, -0.15) is 5.10 Å². The minimum absolute atomic E-state index is 0.00666. The summed E-state index contributed by atoms with van der Waals surface area (Å²) in [6.07, 6.45) is 1.34. The Morgan fingerprint density at radius 1 is 1.16 bits per heavy atom. The quantitative estimate of drug-likeness (QED) is 0.493. The zero-order valence-electron chi connectivity index (χ0n) is 14.0. The summed E-state index contributed by atoms with van der Waals surface area (Å²) < 4.78 is 10.2. The molecule has 0 aliphatic rings. The molecule has 0 atom stereocenters. The van der Waals surface area contributed by atoms with Crippen LogP contribution in [-0.2, 0) is 0 Å². The molecule has 1 amide bonds. The van der Waals surface area contributed by atoms with Crippen molar-refractivity contribution in [3.63, 3.8) is 0 Å². The Balaban J connectivity index is 2.13. The number of methoxy groups -OCH3 is 2. The van der Waals surface area contributed by atoms with Crippen molar-refractivity contribution in [2.24, 2.45) is 5.10 Å². The smallest absolute Gasteiger partial charge is 0.272 e. The molecule has 0 fully saturated rings. The third kappa shape index (κ3) is 4.54. The first-order chi connectivity index (χ1) is 11.9. The number of amides is 1. The topological polar surface area (TPSA) is 103 Å². The summed E-state index contributed by atoms with van der Waals surface area (Å²) in [5.74, 6) is 0.486. The van der Waals surface area contributed by atoms with E-state index in [1.54, 1.807) is 37.3 Å². The molecular formula is C17H17N3O5. The fraction of sp³-hybridized carbons (Fsp3) is 0.176. The Bertz CT molecular complexity index is 811. The van der Waals surface area contributed by atoms with Gasteiger partial charge in [-0.05, 0) is 19.1 Å². The van der Waals surface area contributed by atoms with Crippen LogP contribution in [-0.4, -0.2) is 31.3 Å². The zero-order chi connectivity index (χ0) is 18.4. The maximum atomic E-state index is 12.2. The molecule has 0 saturated carbocycles. The van der Waals surface area contributed by atoms with Gasteiger partial charge >= 0.3 is 0 Å². The highest BCUT2D eigenvalue weighted by atomic mass is 16.6. The van der Waals surface area contributed by atoms with E-state index in [1.807, 2.05) is 0 Å². The van der Waals surface area contributed by atoms with Crippen LogP contribution in [0.1, 0.15) is 21.5 Å². The van der Waals surface area contributed by atoms with Crippen molar-refractivity contribution in [3.8, 4) is 11.5 Å². The molecule has 0 unspecified atom stereocenters. The molecule has 2 aromatic carbocycles.